The molecule has 1 heterocycles. The first-order valence-electron chi connectivity index (χ1n) is 12.0. The quantitative estimate of drug-likeness (QED) is 0.320. The van der Waals surface area contributed by atoms with Gasteiger partial charge in [-0.15, -0.1) is 0 Å². The molecule has 1 saturated heterocycles. The van der Waals surface area contributed by atoms with Crippen LogP contribution in [0.5, 0.6) is 5.75 Å². The van der Waals surface area contributed by atoms with Crippen molar-refractivity contribution in [1.82, 2.24) is 0 Å². The van der Waals surface area contributed by atoms with Gasteiger partial charge < -0.3 is 14.2 Å². The van der Waals surface area contributed by atoms with Gasteiger partial charge in [-0.25, -0.2) is 4.39 Å². The van der Waals surface area contributed by atoms with E-state index in [2.05, 4.69) is 31.2 Å². The fraction of sp³-hybridized carbons (Fsp3) is 0.556. The Kier molecular flexibility index (Phi) is 9.94. The molecule has 0 spiro atoms. The molecule has 3 nitrogen and oxygen atoms in total. The fourth-order valence-electron chi connectivity index (χ4n) is 3.96. The molecule has 0 saturated carbocycles. The summed E-state index contributed by atoms with van der Waals surface area (Å²) in [6, 6.07) is 11.8. The summed E-state index contributed by atoms with van der Waals surface area (Å²) in [6.07, 6.45) is 7.88. The molecule has 0 N–H and O–H groups in total. The summed E-state index contributed by atoms with van der Waals surface area (Å²) < 4.78 is 45.5. The lowest BCUT2D eigenvalue weighted by Crippen LogP contribution is -2.27. The van der Waals surface area contributed by atoms with E-state index in [0.717, 1.165) is 32.1 Å². The average Bonchev–Trinajstić information content (AvgIpc) is 2.82. The van der Waals surface area contributed by atoms with Crippen LogP contribution in [0.3, 0.4) is 0 Å². The zero-order valence-electron chi connectivity index (χ0n) is 19.4. The maximum Gasteiger partial charge on any atom is 0.200 e. The van der Waals surface area contributed by atoms with Gasteiger partial charge in [0.15, 0.2) is 17.9 Å². The van der Waals surface area contributed by atoms with E-state index in [1.807, 2.05) is 6.92 Å². The van der Waals surface area contributed by atoms with Crippen molar-refractivity contribution in [1.29, 1.82) is 0 Å². The lowest BCUT2D eigenvalue weighted by molar-refractivity contribution is -0.174. The molecule has 1 aliphatic heterocycles. The predicted molar refractivity (Wildman–Crippen MR) is 123 cm³/mol. The Morgan fingerprint density at radius 3 is 2.38 bits per heavy atom. The molecule has 2 unspecified atom stereocenters. The third kappa shape index (κ3) is 7.01. The third-order valence-electron chi connectivity index (χ3n) is 6.06. The number of ether oxygens (including phenoxy) is 3. The first kappa shape index (κ1) is 24.7. The highest BCUT2D eigenvalue weighted by Crippen LogP contribution is 2.30. The average molecular weight is 447 g/mol. The van der Waals surface area contributed by atoms with Crippen molar-refractivity contribution in [2.45, 2.75) is 84.0 Å². The number of rotatable bonds is 12. The minimum atomic E-state index is -0.954. The Labute approximate surface area is 191 Å². The van der Waals surface area contributed by atoms with Crippen molar-refractivity contribution >= 4 is 0 Å². The molecule has 2 atom stereocenters. The number of unbranched alkanes of at least 4 members (excludes halogenated alkanes) is 3. The first-order valence-corrected chi connectivity index (χ1v) is 12.0. The van der Waals surface area contributed by atoms with Crippen molar-refractivity contribution in [3.05, 3.63) is 64.7 Å². The summed E-state index contributed by atoms with van der Waals surface area (Å²) in [7, 11) is 0. The maximum atomic E-state index is 14.4. The highest BCUT2D eigenvalue weighted by molar-refractivity contribution is 5.31. The van der Waals surface area contributed by atoms with Gasteiger partial charge >= 0.3 is 0 Å². The number of hydrogen-bond donors (Lipinski definition) is 0. The highest BCUT2D eigenvalue weighted by atomic mass is 19.2. The molecule has 5 heteroatoms. The smallest absolute Gasteiger partial charge is 0.200 e. The summed E-state index contributed by atoms with van der Waals surface area (Å²) in [5.41, 5.74) is 2.85. The summed E-state index contributed by atoms with van der Waals surface area (Å²) in [5, 5.41) is 0. The molecule has 1 fully saturated rings. The van der Waals surface area contributed by atoms with E-state index in [1.54, 1.807) is 0 Å². The van der Waals surface area contributed by atoms with Crippen LogP contribution in [0.15, 0.2) is 36.4 Å². The van der Waals surface area contributed by atoms with Gasteiger partial charge in [-0.05, 0) is 55.4 Å². The van der Waals surface area contributed by atoms with Crippen LogP contribution in [-0.4, -0.2) is 19.5 Å². The Balaban J connectivity index is 1.45. The van der Waals surface area contributed by atoms with E-state index in [9.17, 15) is 8.78 Å². The second kappa shape index (κ2) is 12.9. The van der Waals surface area contributed by atoms with E-state index in [1.165, 1.54) is 42.5 Å². The molecular weight excluding hydrogens is 410 g/mol. The van der Waals surface area contributed by atoms with Crippen molar-refractivity contribution in [3.8, 4) is 5.75 Å². The van der Waals surface area contributed by atoms with Gasteiger partial charge in [-0.1, -0.05) is 57.4 Å². The van der Waals surface area contributed by atoms with Crippen molar-refractivity contribution in [2.24, 2.45) is 0 Å². The minimum Gasteiger partial charge on any atom is -0.490 e. The molecule has 2 aromatic carbocycles. The topological polar surface area (TPSA) is 27.7 Å². The molecule has 32 heavy (non-hydrogen) atoms. The molecule has 0 aromatic heterocycles. The summed E-state index contributed by atoms with van der Waals surface area (Å²) in [6.45, 7) is 5.15. The van der Waals surface area contributed by atoms with E-state index < -0.39 is 17.9 Å². The zero-order chi connectivity index (χ0) is 22.8. The molecule has 0 aliphatic carbocycles. The van der Waals surface area contributed by atoms with Crippen molar-refractivity contribution in [3.63, 3.8) is 0 Å². The number of aryl methyl sites for hydroxylation is 1. The second-order valence-corrected chi connectivity index (χ2v) is 8.60. The van der Waals surface area contributed by atoms with Crippen molar-refractivity contribution < 1.29 is 23.0 Å². The van der Waals surface area contributed by atoms with E-state index in [0.29, 0.717) is 19.1 Å². The SMILES string of the molecule is CCCCCc1ccc(C2CCC(OCc3ccc(OCCCC)c(F)c3F)OC2)cc1. The van der Waals surface area contributed by atoms with Crippen molar-refractivity contribution in [2.75, 3.05) is 13.2 Å². The van der Waals surface area contributed by atoms with Gasteiger partial charge in [0.25, 0.3) is 0 Å². The maximum absolute atomic E-state index is 14.4. The number of benzene rings is 2. The monoisotopic (exact) mass is 446 g/mol. The van der Waals surface area contributed by atoms with Crippen LogP contribution >= 0.6 is 0 Å². The van der Waals surface area contributed by atoms with E-state index in [4.69, 9.17) is 14.2 Å². The standard InChI is InChI=1S/C27H36F2O3/c1-3-5-7-8-20-9-11-21(12-10-20)22-14-16-25(31-18-22)32-19-23-13-15-24(27(29)26(23)28)30-17-6-4-2/h9-13,15,22,25H,3-8,14,16-19H2,1-2H3. The van der Waals surface area contributed by atoms with Gasteiger partial charge in [0.05, 0.1) is 19.8 Å². The fourth-order valence-corrected chi connectivity index (χ4v) is 3.96. The van der Waals surface area contributed by atoms with Crippen LogP contribution in [0.25, 0.3) is 0 Å². The number of halogens is 2. The molecular formula is C27H36F2O3. The normalized spacial score (nSPS) is 18.6. The molecule has 1 aliphatic rings. The van der Waals surface area contributed by atoms with Gasteiger partial charge in [0.1, 0.15) is 0 Å². The van der Waals surface area contributed by atoms with Gasteiger partial charge in [0.2, 0.25) is 5.82 Å². The molecule has 2 aromatic rings. The lowest BCUT2D eigenvalue weighted by atomic mass is 9.92. The van der Waals surface area contributed by atoms with Crippen LogP contribution in [-0.2, 0) is 22.5 Å². The highest BCUT2D eigenvalue weighted by Gasteiger charge is 2.24. The Morgan fingerprint density at radius 1 is 0.906 bits per heavy atom. The first-order chi connectivity index (χ1) is 15.6. The largest absolute Gasteiger partial charge is 0.490 e. The third-order valence-corrected chi connectivity index (χ3v) is 6.06. The Morgan fingerprint density at radius 2 is 1.69 bits per heavy atom. The second-order valence-electron chi connectivity index (χ2n) is 8.60. The molecule has 0 radical (unpaired) electrons. The van der Waals surface area contributed by atoms with Gasteiger partial charge in [-0.2, -0.15) is 4.39 Å². The summed E-state index contributed by atoms with van der Waals surface area (Å²) in [5.74, 6) is -1.57. The Hall–Kier alpha value is -1.98. The van der Waals surface area contributed by atoms with Crippen LogP contribution < -0.4 is 4.74 Å². The zero-order valence-corrected chi connectivity index (χ0v) is 19.4. The summed E-state index contributed by atoms with van der Waals surface area (Å²) >= 11 is 0. The molecule has 3 rings (SSSR count). The molecule has 176 valence electrons. The Bertz CT molecular complexity index is 814. The van der Waals surface area contributed by atoms with Crippen LogP contribution in [0.1, 0.15) is 81.4 Å². The van der Waals surface area contributed by atoms with Crippen LogP contribution in [0.4, 0.5) is 8.78 Å². The predicted octanol–water partition coefficient (Wildman–Crippen LogP) is 7.31. The molecule has 0 bridgehead atoms. The molecule has 0 amide bonds. The van der Waals surface area contributed by atoms with E-state index >= 15 is 0 Å². The number of hydrogen-bond acceptors (Lipinski definition) is 3. The summed E-state index contributed by atoms with van der Waals surface area (Å²) in [4.78, 5) is 0. The minimum absolute atomic E-state index is 0.0280. The van der Waals surface area contributed by atoms with Gasteiger partial charge in [0, 0.05) is 11.5 Å². The van der Waals surface area contributed by atoms with Gasteiger partial charge in [-0.3, -0.25) is 0 Å². The van der Waals surface area contributed by atoms with Crippen LogP contribution in [0.2, 0.25) is 0 Å². The van der Waals surface area contributed by atoms with E-state index in [-0.39, 0.29) is 17.9 Å². The lowest BCUT2D eigenvalue weighted by Gasteiger charge is -2.29. The van der Waals surface area contributed by atoms with Crippen LogP contribution in [0, 0.1) is 11.6 Å².